The number of methoxy groups -OCH3 is 1. The number of rotatable bonds is 8. The van der Waals surface area contributed by atoms with E-state index in [-0.39, 0.29) is 18.6 Å². The Morgan fingerprint density at radius 2 is 2.06 bits per heavy atom. The Labute approximate surface area is 97.2 Å². The molecular formula is C12H22O4. The first-order valence-corrected chi connectivity index (χ1v) is 5.51. The lowest BCUT2D eigenvalue weighted by molar-refractivity contribution is -0.142. The number of ether oxygens (including phenoxy) is 2. The molecule has 0 fully saturated rings. The van der Waals surface area contributed by atoms with E-state index >= 15 is 0 Å². The molecule has 2 atom stereocenters. The van der Waals surface area contributed by atoms with Crippen molar-refractivity contribution in [2.45, 2.75) is 27.2 Å². The second-order valence-corrected chi connectivity index (χ2v) is 3.92. The standard InChI is InChI=1S/C12H22O4/c1-5-11(7-16-8-15-4)6-9(2)10(3)12(13)14/h6,9-10H,5,7-8H2,1-4H3,(H,13,14)/b11-6-. The minimum Gasteiger partial charge on any atom is -0.481 e. The van der Waals surface area contributed by atoms with Gasteiger partial charge in [0, 0.05) is 7.11 Å². The van der Waals surface area contributed by atoms with Gasteiger partial charge in [-0.05, 0) is 17.9 Å². The van der Waals surface area contributed by atoms with Crippen LogP contribution >= 0.6 is 0 Å². The molecule has 4 nitrogen and oxygen atoms in total. The van der Waals surface area contributed by atoms with Crippen molar-refractivity contribution in [2.24, 2.45) is 11.8 Å². The van der Waals surface area contributed by atoms with E-state index in [0.29, 0.717) is 6.61 Å². The number of carbonyl (C=O) groups is 1. The molecule has 0 aliphatic carbocycles. The fraction of sp³-hybridized carbons (Fsp3) is 0.750. The summed E-state index contributed by atoms with van der Waals surface area (Å²) < 4.78 is 10.0. The van der Waals surface area contributed by atoms with Crippen molar-refractivity contribution in [2.75, 3.05) is 20.5 Å². The summed E-state index contributed by atoms with van der Waals surface area (Å²) in [6.07, 6.45) is 2.84. The van der Waals surface area contributed by atoms with Gasteiger partial charge >= 0.3 is 5.97 Å². The average molecular weight is 230 g/mol. The topological polar surface area (TPSA) is 55.8 Å². The van der Waals surface area contributed by atoms with E-state index in [1.54, 1.807) is 14.0 Å². The van der Waals surface area contributed by atoms with E-state index < -0.39 is 5.97 Å². The molecule has 0 bridgehead atoms. The van der Waals surface area contributed by atoms with Gasteiger partial charge in [-0.1, -0.05) is 26.8 Å². The fourth-order valence-corrected chi connectivity index (χ4v) is 1.27. The number of carboxylic acid groups (broad SMARTS) is 1. The molecule has 0 aliphatic rings. The summed E-state index contributed by atoms with van der Waals surface area (Å²) in [6, 6.07) is 0. The zero-order valence-corrected chi connectivity index (χ0v) is 10.5. The molecule has 0 spiro atoms. The van der Waals surface area contributed by atoms with E-state index in [2.05, 4.69) is 0 Å². The lowest BCUT2D eigenvalue weighted by atomic mass is 9.93. The number of hydrogen-bond acceptors (Lipinski definition) is 3. The Balaban J connectivity index is 4.26. The molecule has 0 aromatic heterocycles. The van der Waals surface area contributed by atoms with Crippen LogP contribution in [-0.4, -0.2) is 31.6 Å². The maximum atomic E-state index is 10.8. The van der Waals surface area contributed by atoms with Gasteiger partial charge in [-0.3, -0.25) is 4.79 Å². The van der Waals surface area contributed by atoms with Crippen LogP contribution in [-0.2, 0) is 14.3 Å². The highest BCUT2D eigenvalue weighted by Gasteiger charge is 2.17. The zero-order chi connectivity index (χ0) is 12.6. The highest BCUT2D eigenvalue weighted by molar-refractivity contribution is 5.70. The van der Waals surface area contributed by atoms with Crippen LogP contribution in [0.5, 0.6) is 0 Å². The van der Waals surface area contributed by atoms with E-state index in [0.717, 1.165) is 12.0 Å². The molecular weight excluding hydrogens is 208 g/mol. The van der Waals surface area contributed by atoms with E-state index in [9.17, 15) is 4.79 Å². The van der Waals surface area contributed by atoms with E-state index in [1.807, 2.05) is 19.9 Å². The van der Waals surface area contributed by atoms with Crippen molar-refractivity contribution >= 4 is 5.97 Å². The maximum absolute atomic E-state index is 10.8. The van der Waals surface area contributed by atoms with Gasteiger partial charge in [0.05, 0.1) is 12.5 Å². The first-order valence-electron chi connectivity index (χ1n) is 5.51. The number of hydrogen-bond donors (Lipinski definition) is 1. The maximum Gasteiger partial charge on any atom is 0.306 e. The third-order valence-electron chi connectivity index (χ3n) is 2.62. The van der Waals surface area contributed by atoms with Crippen LogP contribution in [0.2, 0.25) is 0 Å². The van der Waals surface area contributed by atoms with E-state index in [4.69, 9.17) is 14.6 Å². The second-order valence-electron chi connectivity index (χ2n) is 3.92. The minimum absolute atomic E-state index is 0.0126. The van der Waals surface area contributed by atoms with Crippen molar-refractivity contribution in [3.8, 4) is 0 Å². The van der Waals surface area contributed by atoms with Crippen molar-refractivity contribution in [3.63, 3.8) is 0 Å². The van der Waals surface area contributed by atoms with Crippen LogP contribution in [0.3, 0.4) is 0 Å². The molecule has 0 radical (unpaired) electrons. The molecule has 16 heavy (non-hydrogen) atoms. The van der Waals surface area contributed by atoms with Crippen molar-refractivity contribution < 1.29 is 19.4 Å². The van der Waals surface area contributed by atoms with Gasteiger partial charge in [0.2, 0.25) is 0 Å². The summed E-state index contributed by atoms with van der Waals surface area (Å²) in [5.41, 5.74) is 1.11. The molecule has 0 amide bonds. The quantitative estimate of drug-likeness (QED) is 0.395. The Morgan fingerprint density at radius 1 is 1.44 bits per heavy atom. The highest BCUT2D eigenvalue weighted by atomic mass is 16.7. The van der Waals surface area contributed by atoms with Crippen LogP contribution in [0.25, 0.3) is 0 Å². The fourth-order valence-electron chi connectivity index (χ4n) is 1.27. The summed E-state index contributed by atoms with van der Waals surface area (Å²) in [6.45, 7) is 6.42. The molecule has 0 saturated heterocycles. The lowest BCUT2D eigenvalue weighted by Gasteiger charge is -2.14. The predicted octanol–water partition coefficient (Wildman–Crippen LogP) is 2.30. The van der Waals surface area contributed by atoms with Gasteiger partial charge in [0.25, 0.3) is 0 Å². The predicted molar refractivity (Wildman–Crippen MR) is 62.2 cm³/mol. The second kappa shape index (κ2) is 8.30. The summed E-state index contributed by atoms with van der Waals surface area (Å²) in [4.78, 5) is 10.8. The normalized spacial score (nSPS) is 15.9. The first-order chi connectivity index (χ1) is 7.52. The summed E-state index contributed by atoms with van der Waals surface area (Å²) >= 11 is 0. The lowest BCUT2D eigenvalue weighted by Crippen LogP contribution is -2.17. The zero-order valence-electron chi connectivity index (χ0n) is 10.5. The molecule has 4 heteroatoms. The molecule has 1 N–H and O–H groups in total. The highest BCUT2D eigenvalue weighted by Crippen LogP contribution is 2.16. The minimum atomic E-state index is -0.767. The van der Waals surface area contributed by atoms with Crippen LogP contribution in [0.4, 0.5) is 0 Å². The van der Waals surface area contributed by atoms with Gasteiger partial charge in [-0.2, -0.15) is 0 Å². The largest absolute Gasteiger partial charge is 0.481 e. The summed E-state index contributed by atoms with van der Waals surface area (Å²) in [5, 5.41) is 8.87. The molecule has 0 heterocycles. The van der Waals surface area contributed by atoms with Crippen LogP contribution in [0, 0.1) is 11.8 Å². The number of aliphatic carboxylic acids is 1. The molecule has 0 rings (SSSR count). The Kier molecular flexibility index (Phi) is 7.85. The summed E-state index contributed by atoms with van der Waals surface area (Å²) in [7, 11) is 1.57. The van der Waals surface area contributed by atoms with Crippen molar-refractivity contribution in [3.05, 3.63) is 11.6 Å². The van der Waals surface area contributed by atoms with Gasteiger partial charge in [0.1, 0.15) is 6.79 Å². The third-order valence-corrected chi connectivity index (χ3v) is 2.62. The Morgan fingerprint density at radius 3 is 2.50 bits per heavy atom. The van der Waals surface area contributed by atoms with Gasteiger partial charge in [-0.25, -0.2) is 0 Å². The van der Waals surface area contributed by atoms with Gasteiger partial charge in [-0.15, -0.1) is 0 Å². The number of allylic oxidation sites excluding steroid dienone is 1. The number of carboxylic acids is 1. The Hall–Kier alpha value is -0.870. The van der Waals surface area contributed by atoms with Crippen molar-refractivity contribution in [1.29, 1.82) is 0 Å². The SMILES string of the molecule is CC/C(=C/C(C)C(C)C(=O)O)COCOC. The van der Waals surface area contributed by atoms with Crippen molar-refractivity contribution in [1.82, 2.24) is 0 Å². The first kappa shape index (κ1) is 15.1. The molecule has 94 valence electrons. The Bertz CT molecular complexity index is 235. The van der Waals surface area contributed by atoms with Crippen LogP contribution in [0.15, 0.2) is 11.6 Å². The smallest absolute Gasteiger partial charge is 0.306 e. The van der Waals surface area contributed by atoms with Gasteiger partial charge < -0.3 is 14.6 Å². The van der Waals surface area contributed by atoms with Gasteiger partial charge in [0.15, 0.2) is 0 Å². The molecule has 0 aliphatic heterocycles. The average Bonchev–Trinajstić information content (AvgIpc) is 2.26. The molecule has 0 aromatic carbocycles. The van der Waals surface area contributed by atoms with Crippen LogP contribution < -0.4 is 0 Å². The molecule has 0 saturated carbocycles. The summed E-state index contributed by atoms with van der Waals surface area (Å²) in [5.74, 6) is -1.13. The molecule has 0 aromatic rings. The van der Waals surface area contributed by atoms with E-state index in [1.165, 1.54) is 0 Å². The monoisotopic (exact) mass is 230 g/mol. The third kappa shape index (κ3) is 5.88. The van der Waals surface area contributed by atoms with Crippen LogP contribution in [0.1, 0.15) is 27.2 Å². The molecule has 2 unspecified atom stereocenters.